The van der Waals surface area contributed by atoms with Gasteiger partial charge in [0, 0.05) is 25.3 Å². The van der Waals surface area contributed by atoms with Crippen molar-refractivity contribution in [3.05, 3.63) is 29.3 Å². The van der Waals surface area contributed by atoms with Gasteiger partial charge in [-0.25, -0.2) is 0 Å². The van der Waals surface area contributed by atoms with Crippen molar-refractivity contribution in [2.45, 2.75) is 51.0 Å². The number of ether oxygens (including phenoxy) is 2. The van der Waals surface area contributed by atoms with Gasteiger partial charge in [-0.1, -0.05) is 6.42 Å². The van der Waals surface area contributed by atoms with Crippen molar-refractivity contribution >= 4 is 5.91 Å². The number of benzene rings is 1. The molecule has 1 aliphatic carbocycles. The molecule has 4 heteroatoms. The summed E-state index contributed by atoms with van der Waals surface area (Å²) in [7, 11) is 0. The first-order valence-electron chi connectivity index (χ1n) is 9.46. The van der Waals surface area contributed by atoms with E-state index in [0.29, 0.717) is 5.92 Å². The van der Waals surface area contributed by atoms with Gasteiger partial charge in [0.1, 0.15) is 5.75 Å². The predicted octanol–water partition coefficient (Wildman–Crippen LogP) is 3.43. The van der Waals surface area contributed by atoms with E-state index in [1.807, 2.05) is 23.1 Å². The molecule has 24 heavy (non-hydrogen) atoms. The average Bonchev–Trinajstić information content (AvgIpc) is 3.09. The largest absolute Gasteiger partial charge is 0.493 e. The minimum absolute atomic E-state index is 0.158. The third kappa shape index (κ3) is 3.44. The van der Waals surface area contributed by atoms with E-state index in [0.717, 1.165) is 63.3 Å². The Morgan fingerprint density at radius 2 is 2.00 bits per heavy atom. The van der Waals surface area contributed by atoms with Gasteiger partial charge in [0.05, 0.1) is 12.7 Å². The van der Waals surface area contributed by atoms with Gasteiger partial charge in [-0.3, -0.25) is 4.79 Å². The summed E-state index contributed by atoms with van der Waals surface area (Å²) in [6, 6.07) is 5.94. The van der Waals surface area contributed by atoms with Crippen LogP contribution in [0.1, 0.15) is 54.4 Å². The van der Waals surface area contributed by atoms with Crippen LogP contribution >= 0.6 is 0 Å². The molecule has 0 bridgehead atoms. The summed E-state index contributed by atoms with van der Waals surface area (Å²) in [5, 5.41) is 0. The Hall–Kier alpha value is -1.55. The molecule has 130 valence electrons. The summed E-state index contributed by atoms with van der Waals surface area (Å²) >= 11 is 0. The highest BCUT2D eigenvalue weighted by Gasteiger charge is 2.28. The van der Waals surface area contributed by atoms with E-state index in [1.165, 1.54) is 24.8 Å². The topological polar surface area (TPSA) is 38.8 Å². The number of carbonyl (C=O) groups is 1. The van der Waals surface area contributed by atoms with Gasteiger partial charge in [-0.2, -0.15) is 0 Å². The molecule has 0 aromatic heterocycles. The van der Waals surface area contributed by atoms with Crippen molar-refractivity contribution in [3.8, 4) is 5.75 Å². The Bertz CT molecular complexity index is 591. The highest BCUT2D eigenvalue weighted by atomic mass is 16.5. The standard InChI is InChI=1S/C20H27NO3/c22-20(17-8-9-19-16(12-17)6-2-11-24-19)21(13-15-4-1-5-15)14-18-7-3-10-23-18/h8-9,12,15,18H,1-7,10-11,13-14H2/t18-/m1/s1. The van der Waals surface area contributed by atoms with Crippen LogP contribution in [0.15, 0.2) is 18.2 Å². The van der Waals surface area contributed by atoms with Gasteiger partial charge in [0.25, 0.3) is 5.91 Å². The molecule has 1 aromatic carbocycles. The fraction of sp³-hybridized carbons (Fsp3) is 0.650. The lowest BCUT2D eigenvalue weighted by atomic mass is 9.85. The summed E-state index contributed by atoms with van der Waals surface area (Å²) in [5.41, 5.74) is 1.98. The number of fused-ring (bicyclic) bond motifs is 1. The monoisotopic (exact) mass is 329 g/mol. The molecule has 1 aromatic rings. The summed E-state index contributed by atoms with van der Waals surface area (Å²) in [4.78, 5) is 15.2. The molecule has 1 amide bonds. The molecule has 0 radical (unpaired) electrons. The number of hydrogen-bond donors (Lipinski definition) is 0. The van der Waals surface area contributed by atoms with Crippen molar-refractivity contribution in [1.29, 1.82) is 0 Å². The molecule has 4 rings (SSSR count). The van der Waals surface area contributed by atoms with Crippen molar-refractivity contribution in [1.82, 2.24) is 4.90 Å². The van der Waals surface area contributed by atoms with Crippen LogP contribution in [0.3, 0.4) is 0 Å². The number of hydrogen-bond acceptors (Lipinski definition) is 3. The third-order valence-corrected chi connectivity index (χ3v) is 5.59. The molecule has 0 unspecified atom stereocenters. The zero-order valence-corrected chi connectivity index (χ0v) is 14.3. The van der Waals surface area contributed by atoms with Crippen LogP contribution in [-0.4, -0.2) is 43.2 Å². The second kappa shape index (κ2) is 7.14. The Kier molecular flexibility index (Phi) is 4.74. The van der Waals surface area contributed by atoms with Crippen LogP contribution in [0.5, 0.6) is 5.75 Å². The van der Waals surface area contributed by atoms with Gasteiger partial charge < -0.3 is 14.4 Å². The minimum Gasteiger partial charge on any atom is -0.493 e. The van der Waals surface area contributed by atoms with Crippen LogP contribution in [0.25, 0.3) is 0 Å². The minimum atomic E-state index is 0.158. The maximum absolute atomic E-state index is 13.1. The van der Waals surface area contributed by atoms with E-state index >= 15 is 0 Å². The van der Waals surface area contributed by atoms with Crippen molar-refractivity contribution in [2.75, 3.05) is 26.3 Å². The quantitative estimate of drug-likeness (QED) is 0.831. The van der Waals surface area contributed by atoms with Gasteiger partial charge in [-0.05, 0) is 68.2 Å². The van der Waals surface area contributed by atoms with E-state index in [1.54, 1.807) is 0 Å². The molecule has 1 saturated heterocycles. The first-order valence-corrected chi connectivity index (χ1v) is 9.46. The summed E-state index contributed by atoms with van der Waals surface area (Å²) in [6.07, 6.45) is 8.27. The van der Waals surface area contributed by atoms with Gasteiger partial charge >= 0.3 is 0 Å². The summed E-state index contributed by atoms with van der Waals surface area (Å²) in [6.45, 7) is 3.24. The molecule has 1 atom stereocenters. The first kappa shape index (κ1) is 15.9. The second-order valence-electron chi connectivity index (χ2n) is 7.42. The van der Waals surface area contributed by atoms with E-state index in [4.69, 9.17) is 9.47 Å². The fourth-order valence-electron chi connectivity index (χ4n) is 3.94. The number of rotatable bonds is 5. The molecule has 4 nitrogen and oxygen atoms in total. The summed E-state index contributed by atoms with van der Waals surface area (Å²) in [5.74, 6) is 1.78. The molecule has 0 spiro atoms. The number of nitrogens with zero attached hydrogens (tertiary/aromatic N) is 1. The molecule has 1 saturated carbocycles. The van der Waals surface area contributed by atoms with Gasteiger partial charge in [0.15, 0.2) is 0 Å². The molecule has 2 aliphatic heterocycles. The van der Waals surface area contributed by atoms with Gasteiger partial charge in [-0.15, -0.1) is 0 Å². The molecular weight excluding hydrogens is 302 g/mol. The van der Waals surface area contributed by atoms with Crippen LogP contribution in [-0.2, 0) is 11.2 Å². The normalized spacial score (nSPS) is 23.2. The van der Waals surface area contributed by atoms with Crippen molar-refractivity contribution in [2.24, 2.45) is 5.92 Å². The van der Waals surface area contributed by atoms with Gasteiger partial charge in [0.2, 0.25) is 0 Å². The SMILES string of the molecule is O=C(c1ccc2c(c1)CCCO2)N(CC1CCC1)C[C@H]1CCCO1. The maximum Gasteiger partial charge on any atom is 0.253 e. The highest BCUT2D eigenvalue weighted by Crippen LogP contribution is 2.30. The average molecular weight is 329 g/mol. The molecule has 3 aliphatic rings. The second-order valence-corrected chi connectivity index (χ2v) is 7.42. The Morgan fingerprint density at radius 3 is 2.75 bits per heavy atom. The van der Waals surface area contributed by atoms with Crippen molar-refractivity contribution in [3.63, 3.8) is 0 Å². The smallest absolute Gasteiger partial charge is 0.253 e. The number of carbonyl (C=O) groups excluding carboxylic acids is 1. The lowest BCUT2D eigenvalue weighted by Gasteiger charge is -2.34. The Labute approximate surface area is 144 Å². The van der Waals surface area contributed by atoms with Crippen molar-refractivity contribution < 1.29 is 14.3 Å². The van der Waals surface area contributed by atoms with Crippen LogP contribution in [0, 0.1) is 5.92 Å². The zero-order valence-electron chi connectivity index (χ0n) is 14.3. The Morgan fingerprint density at radius 1 is 1.08 bits per heavy atom. The molecule has 2 heterocycles. The molecule has 2 fully saturated rings. The highest BCUT2D eigenvalue weighted by molar-refractivity contribution is 5.94. The van der Waals surface area contributed by atoms with Crippen LogP contribution in [0.4, 0.5) is 0 Å². The lowest BCUT2D eigenvalue weighted by molar-refractivity contribution is 0.0448. The maximum atomic E-state index is 13.1. The molecule has 0 N–H and O–H groups in total. The molecular formula is C20H27NO3. The van der Waals surface area contributed by atoms with E-state index in [2.05, 4.69) is 0 Å². The fourth-order valence-corrected chi connectivity index (χ4v) is 3.94. The summed E-state index contributed by atoms with van der Waals surface area (Å²) < 4.78 is 11.5. The third-order valence-electron chi connectivity index (χ3n) is 5.59. The van der Waals surface area contributed by atoms with Crippen LogP contribution < -0.4 is 4.74 Å². The zero-order chi connectivity index (χ0) is 16.4. The predicted molar refractivity (Wildman–Crippen MR) is 92.5 cm³/mol. The number of amides is 1. The Balaban J connectivity index is 1.50. The van der Waals surface area contributed by atoms with E-state index in [-0.39, 0.29) is 12.0 Å². The van der Waals surface area contributed by atoms with E-state index in [9.17, 15) is 4.79 Å². The first-order chi connectivity index (χ1) is 11.8. The van der Waals surface area contributed by atoms with E-state index < -0.39 is 0 Å². The lowest BCUT2D eigenvalue weighted by Crippen LogP contribution is -2.41. The number of aryl methyl sites for hydroxylation is 1. The van der Waals surface area contributed by atoms with Crippen LogP contribution in [0.2, 0.25) is 0 Å².